The molecule has 0 aliphatic carbocycles. The second-order valence-electron chi connectivity index (χ2n) is 8.39. The highest BCUT2D eigenvalue weighted by molar-refractivity contribution is 7.07. The van der Waals surface area contributed by atoms with Crippen molar-refractivity contribution in [1.29, 1.82) is 0 Å². The summed E-state index contributed by atoms with van der Waals surface area (Å²) in [6, 6.07) is 21.0. The Morgan fingerprint density at radius 3 is 2.74 bits per heavy atom. The molecule has 34 heavy (non-hydrogen) atoms. The van der Waals surface area contributed by atoms with Crippen molar-refractivity contribution in [1.82, 2.24) is 4.68 Å². The largest absolute Gasteiger partial charge is 0.496 e. The van der Waals surface area contributed by atoms with Crippen LogP contribution in [0.1, 0.15) is 30.9 Å². The molecule has 0 amide bonds. The van der Waals surface area contributed by atoms with Crippen molar-refractivity contribution in [3.8, 4) is 17.0 Å². The summed E-state index contributed by atoms with van der Waals surface area (Å²) in [7, 11) is 1.70. The molecule has 0 radical (unpaired) electrons. The van der Waals surface area contributed by atoms with Crippen molar-refractivity contribution >= 4 is 28.3 Å². The molecule has 1 saturated heterocycles. The lowest BCUT2D eigenvalue weighted by molar-refractivity contribution is 0.117. The molecule has 6 heteroatoms. The topological polar surface area (TPSA) is 48.1 Å². The molecule has 5 nitrogen and oxygen atoms in total. The minimum absolute atomic E-state index is 0.199. The molecule has 0 bridgehead atoms. The number of thiazole rings is 1. The fourth-order valence-corrected chi connectivity index (χ4v) is 5.15. The van der Waals surface area contributed by atoms with Crippen LogP contribution in [0.2, 0.25) is 0 Å². The van der Waals surface area contributed by atoms with E-state index >= 15 is 0 Å². The van der Waals surface area contributed by atoms with Crippen LogP contribution in [-0.2, 0) is 11.2 Å². The first-order valence-electron chi connectivity index (χ1n) is 11.8. The van der Waals surface area contributed by atoms with Crippen LogP contribution in [-0.4, -0.2) is 37.3 Å². The Morgan fingerprint density at radius 1 is 1.12 bits per heavy atom. The maximum absolute atomic E-state index is 5.79. The zero-order valence-corrected chi connectivity index (χ0v) is 20.4. The minimum atomic E-state index is 0.199. The molecular weight excluding hydrogens is 442 g/mol. The number of nitrogens with zero attached hydrogens (tertiary/aromatic N) is 3. The predicted molar refractivity (Wildman–Crippen MR) is 140 cm³/mol. The fourth-order valence-electron chi connectivity index (χ4n) is 4.30. The third kappa shape index (κ3) is 4.69. The third-order valence-electron chi connectivity index (χ3n) is 6.25. The number of benzene rings is 3. The Labute approximate surface area is 204 Å². The second kappa shape index (κ2) is 10.4. The number of ether oxygens (including phenoxy) is 2. The van der Waals surface area contributed by atoms with Gasteiger partial charge in [-0.1, -0.05) is 61.5 Å². The van der Waals surface area contributed by atoms with Crippen molar-refractivity contribution in [2.75, 3.05) is 20.3 Å². The molecule has 4 aromatic rings. The molecule has 1 aromatic heterocycles. The first kappa shape index (κ1) is 22.6. The highest BCUT2D eigenvalue weighted by Crippen LogP contribution is 2.27. The minimum Gasteiger partial charge on any atom is -0.496 e. The molecule has 3 aromatic carbocycles. The van der Waals surface area contributed by atoms with Gasteiger partial charge in [-0.2, -0.15) is 5.10 Å². The standard InChI is InChI=1S/C28H29N3O2S/c1-3-20-10-12-22(13-11-20)26-19-34-28(29-17-23-8-6-16-33-23)31(26)30-18-25-24-9-5-4-7-21(24)14-15-27(25)32-2/h4-5,7,9-15,18-19,23H,3,6,8,16-17H2,1-2H3/b29-28?,30-18+. The van der Waals surface area contributed by atoms with Crippen LogP contribution in [0.25, 0.3) is 22.0 Å². The first-order chi connectivity index (χ1) is 16.8. The molecule has 174 valence electrons. The summed E-state index contributed by atoms with van der Waals surface area (Å²) < 4.78 is 13.4. The summed E-state index contributed by atoms with van der Waals surface area (Å²) in [5, 5.41) is 9.34. The van der Waals surface area contributed by atoms with E-state index in [0.29, 0.717) is 6.54 Å². The summed E-state index contributed by atoms with van der Waals surface area (Å²) in [4.78, 5) is 5.76. The van der Waals surface area contributed by atoms with Crippen molar-refractivity contribution < 1.29 is 9.47 Å². The Morgan fingerprint density at radius 2 is 1.97 bits per heavy atom. The van der Waals surface area contributed by atoms with E-state index in [1.54, 1.807) is 18.4 Å². The van der Waals surface area contributed by atoms with Gasteiger partial charge in [0.2, 0.25) is 4.80 Å². The number of methoxy groups -OCH3 is 1. The van der Waals surface area contributed by atoms with Crippen LogP contribution in [0.15, 0.2) is 76.1 Å². The molecule has 1 aliphatic heterocycles. The molecule has 1 atom stereocenters. The molecule has 0 N–H and O–H groups in total. The third-order valence-corrected chi connectivity index (χ3v) is 7.10. The number of aryl methyl sites for hydroxylation is 1. The zero-order chi connectivity index (χ0) is 23.3. The summed E-state index contributed by atoms with van der Waals surface area (Å²) in [6.45, 7) is 3.66. The molecule has 0 spiro atoms. The van der Waals surface area contributed by atoms with E-state index in [1.165, 1.54) is 5.56 Å². The molecule has 0 saturated carbocycles. The summed E-state index contributed by atoms with van der Waals surface area (Å²) in [6.07, 6.45) is 5.29. The number of aromatic nitrogens is 1. The normalized spacial score (nSPS) is 16.6. The van der Waals surface area contributed by atoms with Crippen molar-refractivity contribution in [3.05, 3.63) is 82.0 Å². The first-order valence-corrected chi connectivity index (χ1v) is 12.7. The lowest BCUT2D eigenvalue weighted by Gasteiger charge is -2.09. The van der Waals surface area contributed by atoms with Crippen LogP contribution >= 0.6 is 11.3 Å². The maximum Gasteiger partial charge on any atom is 0.206 e. The van der Waals surface area contributed by atoms with E-state index in [9.17, 15) is 0 Å². The highest BCUT2D eigenvalue weighted by Gasteiger charge is 2.15. The van der Waals surface area contributed by atoms with Gasteiger partial charge in [0.15, 0.2) is 0 Å². The fraction of sp³-hybridized carbons (Fsp3) is 0.286. The quantitative estimate of drug-likeness (QED) is 0.315. The van der Waals surface area contributed by atoms with E-state index in [-0.39, 0.29) is 6.10 Å². The lowest BCUT2D eigenvalue weighted by Crippen LogP contribution is -2.17. The Bertz CT molecular complexity index is 1360. The van der Waals surface area contributed by atoms with Gasteiger partial charge in [-0.3, -0.25) is 4.99 Å². The van der Waals surface area contributed by atoms with Gasteiger partial charge >= 0.3 is 0 Å². The van der Waals surface area contributed by atoms with Crippen molar-refractivity contribution in [2.24, 2.45) is 10.1 Å². The van der Waals surface area contributed by atoms with Gasteiger partial charge in [0, 0.05) is 23.1 Å². The zero-order valence-electron chi connectivity index (χ0n) is 19.6. The highest BCUT2D eigenvalue weighted by atomic mass is 32.1. The summed E-state index contributed by atoms with van der Waals surface area (Å²) >= 11 is 1.61. The average molecular weight is 472 g/mol. The Hall–Kier alpha value is -3.22. The molecule has 1 fully saturated rings. The van der Waals surface area contributed by atoms with Gasteiger partial charge in [0.25, 0.3) is 0 Å². The van der Waals surface area contributed by atoms with Crippen LogP contribution in [0, 0.1) is 0 Å². The molecular formula is C28H29N3O2S. The molecule has 1 aliphatic rings. The van der Waals surface area contributed by atoms with Crippen LogP contribution in [0.4, 0.5) is 0 Å². The smallest absolute Gasteiger partial charge is 0.206 e. The molecule has 5 rings (SSSR count). The van der Waals surface area contributed by atoms with E-state index in [0.717, 1.165) is 64.0 Å². The summed E-state index contributed by atoms with van der Waals surface area (Å²) in [5.74, 6) is 0.796. The van der Waals surface area contributed by atoms with Crippen molar-refractivity contribution in [2.45, 2.75) is 32.3 Å². The van der Waals surface area contributed by atoms with Gasteiger partial charge in [-0.25, -0.2) is 4.68 Å². The van der Waals surface area contributed by atoms with Crippen LogP contribution in [0.3, 0.4) is 0 Å². The number of hydrogen-bond donors (Lipinski definition) is 0. The monoisotopic (exact) mass is 471 g/mol. The Kier molecular flexibility index (Phi) is 6.88. The van der Waals surface area contributed by atoms with E-state index in [2.05, 4.69) is 54.8 Å². The number of fused-ring (bicyclic) bond motifs is 1. The lowest BCUT2D eigenvalue weighted by atomic mass is 10.0. The van der Waals surface area contributed by atoms with Crippen molar-refractivity contribution in [3.63, 3.8) is 0 Å². The summed E-state index contributed by atoms with van der Waals surface area (Å²) in [5.41, 5.74) is 4.41. The average Bonchev–Trinajstić information content (AvgIpc) is 3.56. The van der Waals surface area contributed by atoms with Gasteiger partial charge in [-0.15, -0.1) is 11.3 Å². The van der Waals surface area contributed by atoms with Gasteiger partial charge in [0.05, 0.1) is 31.7 Å². The molecule has 2 heterocycles. The van der Waals surface area contributed by atoms with E-state index < -0.39 is 0 Å². The Balaban J connectivity index is 1.60. The van der Waals surface area contributed by atoms with E-state index in [4.69, 9.17) is 19.6 Å². The van der Waals surface area contributed by atoms with Gasteiger partial charge < -0.3 is 9.47 Å². The molecule has 1 unspecified atom stereocenters. The maximum atomic E-state index is 5.79. The second-order valence-corrected chi connectivity index (χ2v) is 9.23. The van der Waals surface area contributed by atoms with E-state index in [1.807, 2.05) is 29.1 Å². The number of rotatable bonds is 7. The SMILES string of the molecule is CCc1ccc(-c2csc(=NCC3CCCO3)n2/N=C/c2c(OC)ccc3ccccc23)cc1. The van der Waals surface area contributed by atoms with Gasteiger partial charge in [0.1, 0.15) is 5.75 Å². The predicted octanol–water partition coefficient (Wildman–Crippen LogP) is 5.90. The van der Waals surface area contributed by atoms with Crippen LogP contribution in [0.5, 0.6) is 5.75 Å². The van der Waals surface area contributed by atoms with Gasteiger partial charge in [-0.05, 0) is 41.7 Å². The number of hydrogen-bond acceptors (Lipinski definition) is 5. The van der Waals surface area contributed by atoms with Crippen LogP contribution < -0.4 is 9.54 Å².